The third-order valence-electron chi connectivity index (χ3n) is 1.11. The Hall–Kier alpha value is -1.11. The molecule has 0 bridgehead atoms. The normalized spacial score (nSPS) is 12.1. The maximum absolute atomic E-state index is 9.81. The van der Waals surface area contributed by atoms with E-state index in [9.17, 15) is 4.79 Å². The van der Waals surface area contributed by atoms with Crippen LogP contribution in [0.5, 0.6) is 0 Å². The molecule has 60 valence electrons. The van der Waals surface area contributed by atoms with Gasteiger partial charge in [0.05, 0.1) is 0 Å². The molecular weight excluding hydrogens is 136 g/mol. The zero-order valence-corrected chi connectivity index (χ0v) is 6.86. The Morgan fingerprint density at radius 2 is 1.82 bits per heavy atom. The van der Waals surface area contributed by atoms with Crippen LogP contribution in [-0.4, -0.2) is 6.29 Å². The Bertz CT molecular complexity index is 164. The van der Waals surface area contributed by atoms with Crippen LogP contribution in [0.3, 0.4) is 0 Å². The number of carbonyl (C=O) groups excluding carboxylic acids is 1. The molecule has 1 heteroatoms. The van der Waals surface area contributed by atoms with Crippen molar-refractivity contribution in [1.82, 2.24) is 0 Å². The molecule has 0 N–H and O–H groups in total. The Kier molecular flexibility index (Phi) is 7.99. The molecule has 11 heavy (non-hydrogen) atoms. The summed E-state index contributed by atoms with van der Waals surface area (Å²) in [6.07, 6.45) is 14.1. The fourth-order valence-electron chi connectivity index (χ4n) is 0.608. The number of hydrogen-bond acceptors (Lipinski definition) is 1. The van der Waals surface area contributed by atoms with Crippen LogP contribution in [0.2, 0.25) is 0 Å². The number of carbonyl (C=O) groups is 1. The van der Waals surface area contributed by atoms with Gasteiger partial charge in [-0.05, 0) is 18.9 Å². The van der Waals surface area contributed by atoms with Gasteiger partial charge < -0.3 is 0 Å². The molecule has 0 unspecified atom stereocenters. The molecule has 0 aromatic rings. The van der Waals surface area contributed by atoms with E-state index >= 15 is 0 Å². The lowest BCUT2D eigenvalue weighted by Crippen LogP contribution is -1.59. The average Bonchev–Trinajstić information content (AvgIpc) is 2.03. The van der Waals surface area contributed by atoms with Gasteiger partial charge in [-0.2, -0.15) is 0 Å². The summed E-state index contributed by atoms with van der Waals surface area (Å²) < 4.78 is 0. The van der Waals surface area contributed by atoms with Gasteiger partial charge >= 0.3 is 0 Å². The number of allylic oxidation sites excluding steroid dienone is 6. The van der Waals surface area contributed by atoms with Crippen LogP contribution in [0.15, 0.2) is 36.5 Å². The molecule has 0 atom stereocenters. The van der Waals surface area contributed by atoms with E-state index in [1.807, 2.05) is 12.2 Å². The highest BCUT2D eigenvalue weighted by molar-refractivity contribution is 5.65. The van der Waals surface area contributed by atoms with Crippen molar-refractivity contribution in [2.24, 2.45) is 0 Å². The molecule has 0 rings (SSSR count). The van der Waals surface area contributed by atoms with Crippen molar-refractivity contribution in [1.29, 1.82) is 0 Å². The lowest BCUT2D eigenvalue weighted by atomic mass is 10.3. The van der Waals surface area contributed by atoms with Crippen molar-refractivity contribution in [3.8, 4) is 0 Å². The molecule has 1 nitrogen and oxygen atoms in total. The summed E-state index contributed by atoms with van der Waals surface area (Å²) in [5.41, 5.74) is 0. The number of hydrogen-bond donors (Lipinski definition) is 0. The minimum absolute atomic E-state index is 0.770. The van der Waals surface area contributed by atoms with E-state index in [2.05, 4.69) is 19.1 Å². The molecule has 0 amide bonds. The van der Waals surface area contributed by atoms with E-state index in [1.165, 1.54) is 6.08 Å². The van der Waals surface area contributed by atoms with Crippen molar-refractivity contribution in [2.45, 2.75) is 19.8 Å². The smallest absolute Gasteiger partial charge is 0.142 e. The number of aldehydes is 1. The van der Waals surface area contributed by atoms with Gasteiger partial charge in [0.1, 0.15) is 6.29 Å². The molecule has 0 saturated carbocycles. The molecule has 0 aromatic heterocycles. The van der Waals surface area contributed by atoms with Crippen LogP contribution >= 0.6 is 0 Å². The zero-order chi connectivity index (χ0) is 8.36. The van der Waals surface area contributed by atoms with Crippen molar-refractivity contribution in [2.75, 3.05) is 0 Å². The van der Waals surface area contributed by atoms with Crippen LogP contribution in [0.4, 0.5) is 0 Å². The quantitative estimate of drug-likeness (QED) is 0.255. The molecule has 0 aliphatic carbocycles. The Balaban J connectivity index is 3.36. The average molecular weight is 150 g/mol. The third-order valence-corrected chi connectivity index (χ3v) is 1.11. The van der Waals surface area contributed by atoms with Crippen LogP contribution in [0.1, 0.15) is 19.8 Å². The molecule has 0 aliphatic rings. The second kappa shape index (κ2) is 8.89. The molecule has 0 aliphatic heterocycles. The molecule has 0 radical (unpaired) electrons. The summed E-state index contributed by atoms with van der Waals surface area (Å²) in [5, 5.41) is 0. The van der Waals surface area contributed by atoms with Crippen molar-refractivity contribution in [3.05, 3.63) is 36.5 Å². The Morgan fingerprint density at radius 1 is 1.00 bits per heavy atom. The summed E-state index contributed by atoms with van der Waals surface area (Å²) in [6, 6.07) is 0. The van der Waals surface area contributed by atoms with Crippen molar-refractivity contribution < 1.29 is 4.79 Å². The summed E-state index contributed by atoms with van der Waals surface area (Å²) in [4.78, 5) is 9.81. The van der Waals surface area contributed by atoms with E-state index in [4.69, 9.17) is 0 Å². The van der Waals surface area contributed by atoms with E-state index in [0.717, 1.165) is 19.1 Å². The van der Waals surface area contributed by atoms with Crippen molar-refractivity contribution in [3.63, 3.8) is 0 Å². The third kappa shape index (κ3) is 8.89. The first-order valence-corrected chi connectivity index (χ1v) is 3.83. The maximum atomic E-state index is 9.81. The van der Waals surface area contributed by atoms with Gasteiger partial charge in [0.2, 0.25) is 0 Å². The summed E-state index contributed by atoms with van der Waals surface area (Å²) >= 11 is 0. The SMILES string of the molecule is CC/C=C\C/C=C/C=C/C=O. The minimum atomic E-state index is 0.770. The first-order valence-electron chi connectivity index (χ1n) is 3.83. The van der Waals surface area contributed by atoms with Crippen LogP contribution in [-0.2, 0) is 4.79 Å². The van der Waals surface area contributed by atoms with Gasteiger partial charge in [-0.15, -0.1) is 0 Å². The molecule has 0 spiro atoms. The highest BCUT2D eigenvalue weighted by atomic mass is 16.1. The molecule has 0 saturated heterocycles. The molecule has 0 fully saturated rings. The van der Waals surface area contributed by atoms with E-state index < -0.39 is 0 Å². The van der Waals surface area contributed by atoms with E-state index in [-0.39, 0.29) is 0 Å². The van der Waals surface area contributed by atoms with Gasteiger partial charge in [-0.3, -0.25) is 4.79 Å². The summed E-state index contributed by atoms with van der Waals surface area (Å²) in [5.74, 6) is 0. The second-order valence-corrected chi connectivity index (χ2v) is 2.06. The largest absolute Gasteiger partial charge is 0.299 e. The lowest BCUT2D eigenvalue weighted by Gasteiger charge is -1.78. The first-order chi connectivity index (χ1) is 5.41. The zero-order valence-electron chi connectivity index (χ0n) is 6.86. The Labute approximate surface area is 68.1 Å². The van der Waals surface area contributed by atoms with E-state index in [0.29, 0.717) is 0 Å². The highest BCUT2D eigenvalue weighted by Crippen LogP contribution is 1.88. The van der Waals surface area contributed by atoms with Crippen LogP contribution in [0, 0.1) is 0 Å². The maximum Gasteiger partial charge on any atom is 0.142 e. The minimum Gasteiger partial charge on any atom is -0.299 e. The first kappa shape index (κ1) is 9.89. The van der Waals surface area contributed by atoms with Gasteiger partial charge in [0.15, 0.2) is 0 Å². The van der Waals surface area contributed by atoms with Gasteiger partial charge in [0.25, 0.3) is 0 Å². The van der Waals surface area contributed by atoms with E-state index in [1.54, 1.807) is 6.08 Å². The molecule has 0 heterocycles. The van der Waals surface area contributed by atoms with Gasteiger partial charge in [-0.25, -0.2) is 0 Å². The topological polar surface area (TPSA) is 17.1 Å². The molecule has 0 aromatic carbocycles. The van der Waals surface area contributed by atoms with Crippen molar-refractivity contribution >= 4 is 6.29 Å². The van der Waals surface area contributed by atoms with Crippen LogP contribution in [0.25, 0.3) is 0 Å². The van der Waals surface area contributed by atoms with Gasteiger partial charge in [0, 0.05) is 0 Å². The summed E-state index contributed by atoms with van der Waals surface area (Å²) in [7, 11) is 0. The highest BCUT2D eigenvalue weighted by Gasteiger charge is 1.68. The predicted molar refractivity (Wildman–Crippen MR) is 48.4 cm³/mol. The standard InChI is InChI=1S/C10H14O/c1-2-3-4-5-6-7-8-9-10-11/h3-4,6-10H,2,5H2,1H3/b4-3-,7-6+,9-8+. The number of rotatable bonds is 5. The fraction of sp³-hybridized carbons (Fsp3) is 0.300. The Morgan fingerprint density at radius 3 is 2.45 bits per heavy atom. The lowest BCUT2D eigenvalue weighted by molar-refractivity contribution is -0.104. The van der Waals surface area contributed by atoms with Gasteiger partial charge in [-0.1, -0.05) is 37.3 Å². The van der Waals surface area contributed by atoms with Crippen LogP contribution < -0.4 is 0 Å². The monoisotopic (exact) mass is 150 g/mol. The second-order valence-electron chi connectivity index (χ2n) is 2.06. The predicted octanol–water partition coefficient (Wildman–Crippen LogP) is 2.65. The molecular formula is C10H14O. The summed E-state index contributed by atoms with van der Waals surface area (Å²) in [6.45, 7) is 2.10. The fourth-order valence-corrected chi connectivity index (χ4v) is 0.608.